The van der Waals surface area contributed by atoms with Crippen molar-refractivity contribution in [2.45, 2.75) is 24.4 Å². The Morgan fingerprint density at radius 3 is 2.59 bits per heavy atom. The third-order valence-electron chi connectivity index (χ3n) is 4.93. The van der Waals surface area contributed by atoms with Gasteiger partial charge >= 0.3 is 6.03 Å². The molecule has 4 rings (SSSR count). The van der Waals surface area contributed by atoms with Gasteiger partial charge in [-0.25, -0.2) is 4.79 Å². The standard InChI is InChI=1S/C24H20Cl3N5OS/c1-15-10-11-17(25)12-20(15)32-21(30-31-24(32)34-14-16-6-3-2-4-7-16)13-28-23(33)29-19-9-5-8-18(26)22(19)27/h2-12H,13-14H2,1H3,(H2,28,29,33). The van der Waals surface area contributed by atoms with E-state index in [0.717, 1.165) is 17.0 Å². The lowest BCUT2D eigenvalue weighted by atomic mass is 10.2. The number of carbonyl (C=O) groups excluding carboxylic acids is 1. The number of aromatic nitrogens is 3. The number of nitrogens with one attached hydrogen (secondary N) is 2. The van der Waals surface area contributed by atoms with Gasteiger partial charge in [0.25, 0.3) is 0 Å². The van der Waals surface area contributed by atoms with Crippen molar-refractivity contribution in [3.05, 3.63) is 98.7 Å². The molecule has 4 aromatic rings. The van der Waals surface area contributed by atoms with Crippen molar-refractivity contribution in [3.63, 3.8) is 0 Å². The van der Waals surface area contributed by atoms with Crippen molar-refractivity contribution in [3.8, 4) is 5.69 Å². The van der Waals surface area contributed by atoms with Crippen LogP contribution in [0.1, 0.15) is 17.0 Å². The molecule has 0 saturated heterocycles. The van der Waals surface area contributed by atoms with E-state index in [0.29, 0.717) is 26.7 Å². The molecular weight excluding hydrogens is 513 g/mol. The highest BCUT2D eigenvalue weighted by Crippen LogP contribution is 2.30. The maximum Gasteiger partial charge on any atom is 0.319 e. The number of anilines is 1. The average Bonchev–Trinajstić information content (AvgIpc) is 3.24. The molecule has 0 saturated carbocycles. The van der Waals surface area contributed by atoms with E-state index in [-0.39, 0.29) is 11.6 Å². The second kappa shape index (κ2) is 11.1. The number of amides is 2. The van der Waals surface area contributed by atoms with Crippen LogP contribution in [0.15, 0.2) is 71.9 Å². The highest BCUT2D eigenvalue weighted by Gasteiger charge is 2.18. The SMILES string of the molecule is Cc1ccc(Cl)cc1-n1c(CNC(=O)Nc2cccc(Cl)c2Cl)nnc1SCc1ccccc1. The number of urea groups is 1. The van der Waals surface area contributed by atoms with Crippen LogP contribution in [0, 0.1) is 6.92 Å². The van der Waals surface area contributed by atoms with E-state index >= 15 is 0 Å². The zero-order valence-corrected chi connectivity index (χ0v) is 21.1. The van der Waals surface area contributed by atoms with Crippen LogP contribution in [-0.2, 0) is 12.3 Å². The van der Waals surface area contributed by atoms with Crippen molar-refractivity contribution in [2.24, 2.45) is 0 Å². The predicted molar refractivity (Wildman–Crippen MR) is 139 cm³/mol. The van der Waals surface area contributed by atoms with Gasteiger partial charge in [0.2, 0.25) is 0 Å². The smallest absolute Gasteiger partial charge is 0.319 e. The first-order valence-corrected chi connectivity index (χ1v) is 12.4. The molecule has 0 aliphatic rings. The quantitative estimate of drug-likeness (QED) is 0.248. The Morgan fingerprint density at radius 2 is 1.79 bits per heavy atom. The first-order chi connectivity index (χ1) is 16.4. The molecule has 3 aromatic carbocycles. The zero-order valence-electron chi connectivity index (χ0n) is 18.1. The van der Waals surface area contributed by atoms with Crippen LogP contribution in [-0.4, -0.2) is 20.8 Å². The summed E-state index contributed by atoms with van der Waals surface area (Å²) in [7, 11) is 0. The minimum absolute atomic E-state index is 0.134. The number of thioether (sulfide) groups is 1. The Labute approximate surface area is 216 Å². The van der Waals surface area contributed by atoms with Gasteiger partial charge in [0.15, 0.2) is 11.0 Å². The number of aryl methyl sites for hydroxylation is 1. The number of carbonyl (C=O) groups is 1. The fourth-order valence-corrected chi connectivity index (χ4v) is 4.66. The fourth-order valence-electron chi connectivity index (χ4n) is 3.22. The number of rotatable bonds is 7. The largest absolute Gasteiger partial charge is 0.331 e. The topological polar surface area (TPSA) is 71.8 Å². The van der Waals surface area contributed by atoms with Gasteiger partial charge in [-0.05, 0) is 42.3 Å². The molecule has 0 fully saturated rings. The van der Waals surface area contributed by atoms with Gasteiger partial charge in [0, 0.05) is 10.8 Å². The Morgan fingerprint density at radius 1 is 1.00 bits per heavy atom. The van der Waals surface area contributed by atoms with E-state index in [4.69, 9.17) is 34.8 Å². The minimum Gasteiger partial charge on any atom is -0.331 e. The van der Waals surface area contributed by atoms with Gasteiger partial charge in [-0.2, -0.15) is 0 Å². The molecule has 0 unspecified atom stereocenters. The summed E-state index contributed by atoms with van der Waals surface area (Å²) in [5.41, 5.74) is 3.44. The molecule has 0 aliphatic carbocycles. The number of nitrogens with zero attached hydrogens (tertiary/aromatic N) is 3. The third-order valence-corrected chi connectivity index (χ3v) is 6.98. The summed E-state index contributed by atoms with van der Waals surface area (Å²) in [6.07, 6.45) is 0. The Bertz CT molecular complexity index is 1310. The number of hydrogen-bond acceptors (Lipinski definition) is 4. The summed E-state index contributed by atoms with van der Waals surface area (Å²) >= 11 is 20.0. The van der Waals surface area contributed by atoms with E-state index < -0.39 is 6.03 Å². The van der Waals surface area contributed by atoms with Crippen molar-refractivity contribution >= 4 is 58.3 Å². The summed E-state index contributed by atoms with van der Waals surface area (Å²) in [4.78, 5) is 12.5. The van der Waals surface area contributed by atoms with Crippen LogP contribution >= 0.6 is 46.6 Å². The van der Waals surface area contributed by atoms with Crippen molar-refractivity contribution in [1.29, 1.82) is 0 Å². The summed E-state index contributed by atoms with van der Waals surface area (Å²) in [6.45, 7) is 2.12. The average molecular weight is 533 g/mol. The fraction of sp³-hybridized carbons (Fsp3) is 0.125. The van der Waals surface area contributed by atoms with E-state index in [1.807, 2.05) is 47.9 Å². The molecule has 1 aromatic heterocycles. The van der Waals surface area contributed by atoms with Crippen LogP contribution in [0.2, 0.25) is 15.1 Å². The maximum absolute atomic E-state index is 12.5. The monoisotopic (exact) mass is 531 g/mol. The number of hydrogen-bond donors (Lipinski definition) is 2. The van der Waals surface area contributed by atoms with Crippen molar-refractivity contribution in [2.75, 3.05) is 5.32 Å². The second-order valence-electron chi connectivity index (χ2n) is 7.35. The molecular formula is C24H20Cl3N5OS. The van der Waals surface area contributed by atoms with Crippen molar-refractivity contribution < 1.29 is 4.79 Å². The summed E-state index contributed by atoms with van der Waals surface area (Å²) in [5.74, 6) is 1.29. The molecule has 6 nitrogen and oxygen atoms in total. The maximum atomic E-state index is 12.5. The lowest BCUT2D eigenvalue weighted by molar-refractivity contribution is 0.251. The highest BCUT2D eigenvalue weighted by molar-refractivity contribution is 7.98. The summed E-state index contributed by atoms with van der Waals surface area (Å²) in [5, 5.41) is 16.2. The molecule has 0 radical (unpaired) electrons. The van der Waals surface area contributed by atoms with Crippen LogP contribution in [0.25, 0.3) is 5.69 Å². The lowest BCUT2D eigenvalue weighted by Gasteiger charge is -2.14. The van der Waals surface area contributed by atoms with Gasteiger partial charge in [0.1, 0.15) is 0 Å². The Kier molecular flexibility index (Phi) is 8.00. The van der Waals surface area contributed by atoms with Gasteiger partial charge < -0.3 is 10.6 Å². The molecule has 1 heterocycles. The van der Waals surface area contributed by atoms with Gasteiger partial charge in [-0.15, -0.1) is 10.2 Å². The molecule has 34 heavy (non-hydrogen) atoms. The van der Waals surface area contributed by atoms with E-state index in [9.17, 15) is 4.79 Å². The van der Waals surface area contributed by atoms with Crippen LogP contribution in [0.5, 0.6) is 0 Å². The number of benzene rings is 3. The Balaban J connectivity index is 1.56. The minimum atomic E-state index is -0.444. The van der Waals surface area contributed by atoms with Crippen LogP contribution in [0.3, 0.4) is 0 Å². The third kappa shape index (κ3) is 5.85. The van der Waals surface area contributed by atoms with Crippen molar-refractivity contribution in [1.82, 2.24) is 20.1 Å². The molecule has 0 atom stereocenters. The normalized spacial score (nSPS) is 10.8. The molecule has 0 aliphatic heterocycles. The molecule has 0 bridgehead atoms. The molecule has 10 heteroatoms. The number of halogens is 3. The molecule has 2 amide bonds. The second-order valence-corrected chi connectivity index (χ2v) is 9.51. The first kappa shape index (κ1) is 24.4. The molecule has 2 N–H and O–H groups in total. The first-order valence-electron chi connectivity index (χ1n) is 10.3. The van der Waals surface area contributed by atoms with E-state index in [2.05, 4.69) is 33.0 Å². The predicted octanol–water partition coefficient (Wildman–Crippen LogP) is 7.15. The molecule has 0 spiro atoms. The van der Waals surface area contributed by atoms with E-state index in [1.165, 1.54) is 5.56 Å². The van der Waals surface area contributed by atoms with Crippen LogP contribution < -0.4 is 10.6 Å². The summed E-state index contributed by atoms with van der Waals surface area (Å²) < 4.78 is 1.92. The molecule has 174 valence electrons. The van der Waals surface area contributed by atoms with Gasteiger partial charge in [0.05, 0.1) is 28.0 Å². The highest BCUT2D eigenvalue weighted by atomic mass is 35.5. The Hall–Kier alpha value is -2.71. The summed E-state index contributed by atoms with van der Waals surface area (Å²) in [6, 6.07) is 20.3. The van der Waals surface area contributed by atoms with Gasteiger partial charge in [-0.3, -0.25) is 4.57 Å². The van der Waals surface area contributed by atoms with E-state index in [1.54, 1.807) is 30.0 Å². The van der Waals surface area contributed by atoms with Crippen LogP contribution in [0.4, 0.5) is 10.5 Å². The zero-order chi connectivity index (χ0) is 24.1. The lowest BCUT2D eigenvalue weighted by Crippen LogP contribution is -2.29. The van der Waals surface area contributed by atoms with Gasteiger partial charge in [-0.1, -0.05) is 89.0 Å².